The standard InChI is InChI=1S/C23H23FN4O/c24-18-8-4-6-16(14-18)21-12-13-22(28-27-21)25-20-11-5-7-17(15-20)23(29)26-19-9-2-1-3-10-19/h4-8,11-15,19H,1-3,9-10H2,(H,25,28)(H,26,29). The molecule has 6 heteroatoms. The third-order valence-corrected chi connectivity index (χ3v) is 5.12. The monoisotopic (exact) mass is 390 g/mol. The number of halogens is 1. The Morgan fingerprint density at radius 1 is 0.931 bits per heavy atom. The SMILES string of the molecule is O=C(NC1CCCCC1)c1cccc(Nc2ccc(-c3cccc(F)c3)nn2)c1. The zero-order valence-corrected chi connectivity index (χ0v) is 16.1. The van der Waals surface area contributed by atoms with Gasteiger partial charge in [-0.1, -0.05) is 37.5 Å². The zero-order valence-electron chi connectivity index (χ0n) is 16.1. The van der Waals surface area contributed by atoms with Crippen LogP contribution in [0.5, 0.6) is 0 Å². The minimum absolute atomic E-state index is 0.0481. The van der Waals surface area contributed by atoms with Gasteiger partial charge in [-0.15, -0.1) is 10.2 Å². The molecule has 0 unspecified atom stereocenters. The summed E-state index contributed by atoms with van der Waals surface area (Å²) in [4.78, 5) is 12.5. The first-order valence-electron chi connectivity index (χ1n) is 9.95. The van der Waals surface area contributed by atoms with E-state index in [1.807, 2.05) is 18.2 Å². The predicted molar refractivity (Wildman–Crippen MR) is 111 cm³/mol. The van der Waals surface area contributed by atoms with Gasteiger partial charge in [0.2, 0.25) is 0 Å². The van der Waals surface area contributed by atoms with Crippen LogP contribution in [0.4, 0.5) is 15.9 Å². The molecule has 5 nitrogen and oxygen atoms in total. The molecule has 1 aliphatic carbocycles. The predicted octanol–water partition coefficient (Wildman–Crippen LogP) is 5.09. The molecule has 1 amide bonds. The number of carbonyl (C=O) groups excluding carboxylic acids is 1. The van der Waals surface area contributed by atoms with Gasteiger partial charge in [0.15, 0.2) is 5.82 Å². The van der Waals surface area contributed by atoms with Crippen molar-refractivity contribution >= 4 is 17.4 Å². The van der Waals surface area contributed by atoms with Gasteiger partial charge >= 0.3 is 0 Å². The molecule has 3 aromatic rings. The fourth-order valence-corrected chi connectivity index (χ4v) is 3.60. The summed E-state index contributed by atoms with van der Waals surface area (Å²) in [6.45, 7) is 0. The lowest BCUT2D eigenvalue weighted by Crippen LogP contribution is -2.36. The van der Waals surface area contributed by atoms with E-state index in [2.05, 4.69) is 20.8 Å². The number of anilines is 2. The number of rotatable bonds is 5. The topological polar surface area (TPSA) is 66.9 Å². The van der Waals surface area contributed by atoms with E-state index >= 15 is 0 Å². The number of amides is 1. The number of nitrogens with zero attached hydrogens (tertiary/aromatic N) is 2. The average Bonchev–Trinajstić information content (AvgIpc) is 2.75. The molecule has 1 heterocycles. The molecule has 0 atom stereocenters. The second kappa shape index (κ2) is 8.82. The van der Waals surface area contributed by atoms with Crippen LogP contribution in [0.15, 0.2) is 60.7 Å². The minimum Gasteiger partial charge on any atom is -0.349 e. The van der Waals surface area contributed by atoms with Gasteiger partial charge in [0.1, 0.15) is 5.82 Å². The Hall–Kier alpha value is -3.28. The molecule has 0 radical (unpaired) electrons. The summed E-state index contributed by atoms with van der Waals surface area (Å²) in [6.07, 6.45) is 5.71. The van der Waals surface area contributed by atoms with Crippen LogP contribution in [0, 0.1) is 5.82 Å². The Morgan fingerprint density at radius 3 is 2.52 bits per heavy atom. The van der Waals surface area contributed by atoms with E-state index in [1.165, 1.54) is 31.4 Å². The van der Waals surface area contributed by atoms with Crippen molar-refractivity contribution in [3.05, 3.63) is 72.0 Å². The Bertz CT molecular complexity index is 984. The smallest absolute Gasteiger partial charge is 0.251 e. The first kappa shape index (κ1) is 19.1. The molecule has 1 fully saturated rings. The van der Waals surface area contributed by atoms with E-state index < -0.39 is 0 Å². The van der Waals surface area contributed by atoms with Crippen LogP contribution in [-0.4, -0.2) is 22.1 Å². The van der Waals surface area contributed by atoms with Gasteiger partial charge in [-0.05, 0) is 55.3 Å². The molecule has 0 spiro atoms. The van der Waals surface area contributed by atoms with Gasteiger partial charge in [-0.3, -0.25) is 4.79 Å². The van der Waals surface area contributed by atoms with Crippen molar-refractivity contribution in [3.63, 3.8) is 0 Å². The molecular weight excluding hydrogens is 367 g/mol. The molecule has 29 heavy (non-hydrogen) atoms. The van der Waals surface area contributed by atoms with Crippen LogP contribution < -0.4 is 10.6 Å². The molecule has 1 aromatic heterocycles. The van der Waals surface area contributed by atoms with Gasteiger partial charge in [0, 0.05) is 22.9 Å². The van der Waals surface area contributed by atoms with E-state index in [-0.39, 0.29) is 17.8 Å². The lowest BCUT2D eigenvalue weighted by molar-refractivity contribution is 0.0927. The highest BCUT2D eigenvalue weighted by molar-refractivity contribution is 5.95. The molecule has 4 rings (SSSR count). The Kier molecular flexibility index (Phi) is 5.79. The van der Waals surface area contributed by atoms with Crippen LogP contribution in [-0.2, 0) is 0 Å². The second-order valence-electron chi connectivity index (χ2n) is 7.33. The fraction of sp³-hybridized carbons (Fsp3) is 0.261. The average molecular weight is 390 g/mol. The maximum Gasteiger partial charge on any atom is 0.251 e. The van der Waals surface area contributed by atoms with E-state index in [4.69, 9.17) is 0 Å². The molecule has 2 N–H and O–H groups in total. The third kappa shape index (κ3) is 4.96. The Balaban J connectivity index is 1.43. The lowest BCUT2D eigenvalue weighted by Gasteiger charge is -2.22. The molecular formula is C23H23FN4O. The summed E-state index contributed by atoms with van der Waals surface area (Å²) < 4.78 is 13.4. The zero-order chi connectivity index (χ0) is 20.1. The van der Waals surface area contributed by atoms with Crippen molar-refractivity contribution in [2.45, 2.75) is 38.1 Å². The van der Waals surface area contributed by atoms with E-state index in [9.17, 15) is 9.18 Å². The maximum atomic E-state index is 13.4. The van der Waals surface area contributed by atoms with Gasteiger partial charge in [-0.2, -0.15) is 0 Å². The van der Waals surface area contributed by atoms with Crippen LogP contribution >= 0.6 is 0 Å². The first-order valence-corrected chi connectivity index (χ1v) is 9.95. The van der Waals surface area contributed by atoms with E-state index in [1.54, 1.807) is 30.3 Å². The van der Waals surface area contributed by atoms with Gasteiger partial charge in [0.25, 0.3) is 5.91 Å². The number of hydrogen-bond acceptors (Lipinski definition) is 4. The summed E-state index contributed by atoms with van der Waals surface area (Å²) in [5.41, 5.74) is 2.64. The molecule has 2 aromatic carbocycles. The van der Waals surface area contributed by atoms with Crippen molar-refractivity contribution in [3.8, 4) is 11.3 Å². The highest BCUT2D eigenvalue weighted by Crippen LogP contribution is 2.21. The second-order valence-corrected chi connectivity index (χ2v) is 7.33. The largest absolute Gasteiger partial charge is 0.349 e. The Morgan fingerprint density at radius 2 is 1.76 bits per heavy atom. The lowest BCUT2D eigenvalue weighted by atomic mass is 9.95. The van der Waals surface area contributed by atoms with Gasteiger partial charge in [0.05, 0.1) is 5.69 Å². The van der Waals surface area contributed by atoms with Crippen LogP contribution in [0.2, 0.25) is 0 Å². The maximum absolute atomic E-state index is 13.4. The van der Waals surface area contributed by atoms with Crippen molar-refractivity contribution < 1.29 is 9.18 Å². The van der Waals surface area contributed by atoms with Crippen LogP contribution in [0.25, 0.3) is 11.3 Å². The minimum atomic E-state index is -0.310. The molecule has 0 bridgehead atoms. The molecule has 0 saturated heterocycles. The quantitative estimate of drug-likeness (QED) is 0.637. The molecule has 148 valence electrons. The normalized spacial score (nSPS) is 14.4. The first-order chi connectivity index (χ1) is 14.2. The van der Waals surface area contributed by atoms with E-state index in [0.29, 0.717) is 22.6 Å². The number of hydrogen-bond donors (Lipinski definition) is 2. The number of nitrogens with one attached hydrogen (secondary N) is 2. The van der Waals surface area contributed by atoms with Crippen molar-refractivity contribution in [2.75, 3.05) is 5.32 Å². The Labute approximate surface area is 169 Å². The summed E-state index contributed by atoms with van der Waals surface area (Å²) in [6, 6.07) is 17.4. The van der Waals surface area contributed by atoms with E-state index in [0.717, 1.165) is 18.5 Å². The highest BCUT2D eigenvalue weighted by atomic mass is 19.1. The van der Waals surface area contributed by atoms with Crippen molar-refractivity contribution in [1.29, 1.82) is 0 Å². The van der Waals surface area contributed by atoms with Gasteiger partial charge < -0.3 is 10.6 Å². The summed E-state index contributed by atoms with van der Waals surface area (Å²) >= 11 is 0. The molecule has 1 aliphatic rings. The van der Waals surface area contributed by atoms with Crippen molar-refractivity contribution in [2.24, 2.45) is 0 Å². The van der Waals surface area contributed by atoms with Crippen LogP contribution in [0.1, 0.15) is 42.5 Å². The number of benzene rings is 2. The fourth-order valence-electron chi connectivity index (χ4n) is 3.60. The van der Waals surface area contributed by atoms with Crippen LogP contribution in [0.3, 0.4) is 0 Å². The molecule has 0 aliphatic heterocycles. The summed E-state index contributed by atoms with van der Waals surface area (Å²) in [5, 5.41) is 14.6. The van der Waals surface area contributed by atoms with Crippen molar-refractivity contribution in [1.82, 2.24) is 15.5 Å². The van der Waals surface area contributed by atoms with Gasteiger partial charge in [-0.25, -0.2) is 4.39 Å². The number of aromatic nitrogens is 2. The molecule has 1 saturated carbocycles. The number of carbonyl (C=O) groups is 1. The summed E-state index contributed by atoms with van der Waals surface area (Å²) in [5.74, 6) is 0.192. The third-order valence-electron chi connectivity index (χ3n) is 5.12. The highest BCUT2D eigenvalue weighted by Gasteiger charge is 2.16. The summed E-state index contributed by atoms with van der Waals surface area (Å²) in [7, 11) is 0.